The predicted octanol–water partition coefficient (Wildman–Crippen LogP) is 1.18. The third-order valence-electron chi connectivity index (χ3n) is 3.00. The first-order valence-corrected chi connectivity index (χ1v) is 6.47. The van der Waals surface area contributed by atoms with E-state index in [1.54, 1.807) is 38.2 Å². The Morgan fingerprint density at radius 1 is 1.38 bits per heavy atom. The maximum Gasteiger partial charge on any atom is 0.251 e. The van der Waals surface area contributed by atoms with Crippen LogP contribution in [-0.4, -0.2) is 23.3 Å². The molecular formula is C15H19N2O3W-. The van der Waals surface area contributed by atoms with Crippen molar-refractivity contribution in [1.82, 2.24) is 10.6 Å². The van der Waals surface area contributed by atoms with Crippen molar-refractivity contribution in [2.45, 2.75) is 39.2 Å². The van der Waals surface area contributed by atoms with Gasteiger partial charge in [0.25, 0.3) is 5.91 Å². The van der Waals surface area contributed by atoms with Gasteiger partial charge in [0, 0.05) is 27.5 Å². The molecule has 1 heterocycles. The number of imide groups is 1. The summed E-state index contributed by atoms with van der Waals surface area (Å²) in [6, 6.07) is 0. The van der Waals surface area contributed by atoms with Gasteiger partial charge in [-0.1, -0.05) is 13.0 Å². The zero-order chi connectivity index (χ0) is 15.2. The van der Waals surface area contributed by atoms with Gasteiger partial charge in [0.1, 0.15) is 11.4 Å². The first kappa shape index (κ1) is 19.5. The topological polar surface area (TPSA) is 75.3 Å². The number of nitrogens with one attached hydrogen (secondary N) is 2. The van der Waals surface area contributed by atoms with Crippen LogP contribution >= 0.6 is 0 Å². The van der Waals surface area contributed by atoms with Crippen molar-refractivity contribution in [3.63, 3.8) is 0 Å². The van der Waals surface area contributed by atoms with Crippen LogP contribution in [0.3, 0.4) is 0 Å². The Balaban J connectivity index is 0.00000400. The van der Waals surface area contributed by atoms with E-state index in [0.717, 1.165) is 0 Å². The van der Waals surface area contributed by atoms with Crippen LogP contribution in [0.5, 0.6) is 0 Å². The molecule has 2 N–H and O–H groups in total. The summed E-state index contributed by atoms with van der Waals surface area (Å²) >= 11 is 0. The summed E-state index contributed by atoms with van der Waals surface area (Å²) in [5.74, 6) is -1.19. The Hall–Kier alpha value is -1.48. The average molecular weight is 459 g/mol. The molecule has 3 amide bonds. The summed E-state index contributed by atoms with van der Waals surface area (Å²) in [4.78, 5) is 35.2. The predicted molar refractivity (Wildman–Crippen MR) is 75.3 cm³/mol. The molecule has 114 valence electrons. The van der Waals surface area contributed by atoms with Gasteiger partial charge in [0.15, 0.2) is 0 Å². The number of carbonyl (C=O) groups excluding carboxylic acids is 3. The fraction of sp³-hybridized carbons (Fsp3) is 0.400. The molecule has 0 radical (unpaired) electrons. The summed E-state index contributed by atoms with van der Waals surface area (Å²) in [6.07, 6.45) is 10.1. The van der Waals surface area contributed by atoms with Crippen LogP contribution in [0.4, 0.5) is 0 Å². The number of amides is 3. The van der Waals surface area contributed by atoms with Gasteiger partial charge in [0.2, 0.25) is 5.91 Å². The molecule has 1 unspecified atom stereocenters. The third-order valence-corrected chi connectivity index (χ3v) is 3.00. The maximum absolute atomic E-state index is 12.2. The van der Waals surface area contributed by atoms with Crippen molar-refractivity contribution < 1.29 is 35.4 Å². The standard InChI is InChI=1S/C15H19N2O3.W/c1-4-6-8-11(7-5-2)13(19)17-15(3)10-9-12(18)16-14(15)20;/h4-6,8H,9-10H2,1-3H3,(H,17,19)(H,16,18,20);/q-1;/b6-4-,11-8+;. The summed E-state index contributed by atoms with van der Waals surface area (Å²) in [7, 11) is 0. The van der Waals surface area contributed by atoms with Gasteiger partial charge in [0.05, 0.1) is 0 Å². The number of rotatable bonds is 4. The number of piperidine rings is 1. The van der Waals surface area contributed by atoms with E-state index in [0.29, 0.717) is 5.57 Å². The molecule has 1 aliphatic rings. The summed E-state index contributed by atoms with van der Waals surface area (Å²) in [5, 5.41) is 4.91. The summed E-state index contributed by atoms with van der Waals surface area (Å²) < 4.78 is 0. The summed E-state index contributed by atoms with van der Waals surface area (Å²) in [5.41, 5.74) is -0.744. The van der Waals surface area contributed by atoms with Crippen molar-refractivity contribution in [3.05, 3.63) is 36.0 Å². The second kappa shape index (κ2) is 8.73. The minimum absolute atomic E-state index is 0. The SMILES string of the molecule is CC=[C-]/C(=C\C=C/C)C(=O)NC1(C)CCC(=O)NC1=O.[W]. The molecule has 21 heavy (non-hydrogen) atoms. The van der Waals surface area contributed by atoms with Crippen LogP contribution in [0.25, 0.3) is 0 Å². The monoisotopic (exact) mass is 459 g/mol. The molecule has 1 atom stereocenters. The first-order chi connectivity index (χ1) is 9.42. The van der Waals surface area contributed by atoms with E-state index < -0.39 is 17.4 Å². The normalized spacial score (nSPS) is 23.1. The van der Waals surface area contributed by atoms with Gasteiger partial charge < -0.3 is 10.1 Å². The number of hydrogen-bond donors (Lipinski definition) is 2. The number of hydrogen-bond acceptors (Lipinski definition) is 3. The molecule has 1 saturated heterocycles. The smallest absolute Gasteiger partial charge is 0.251 e. The Morgan fingerprint density at radius 3 is 2.57 bits per heavy atom. The molecule has 1 aliphatic heterocycles. The van der Waals surface area contributed by atoms with Crippen molar-refractivity contribution in [2.24, 2.45) is 0 Å². The quantitative estimate of drug-likeness (QED) is 0.287. The minimum Gasteiger partial charge on any atom is -0.392 e. The van der Waals surface area contributed by atoms with Gasteiger partial charge in [-0.15, -0.1) is 17.7 Å². The van der Waals surface area contributed by atoms with Gasteiger partial charge in [-0.05, 0) is 20.3 Å². The molecule has 0 spiro atoms. The molecule has 1 rings (SSSR count). The first-order valence-electron chi connectivity index (χ1n) is 6.47. The van der Waals surface area contributed by atoms with Crippen molar-refractivity contribution in [3.8, 4) is 0 Å². The van der Waals surface area contributed by atoms with E-state index in [2.05, 4.69) is 16.7 Å². The molecule has 6 heteroatoms. The Bertz CT molecular complexity index is 509. The third kappa shape index (κ3) is 5.43. The zero-order valence-corrected chi connectivity index (χ0v) is 15.3. The van der Waals surface area contributed by atoms with E-state index >= 15 is 0 Å². The van der Waals surface area contributed by atoms with Crippen LogP contribution in [0.15, 0.2) is 29.9 Å². The minimum atomic E-state index is -1.07. The van der Waals surface area contributed by atoms with Crippen LogP contribution in [0.2, 0.25) is 0 Å². The van der Waals surface area contributed by atoms with Crippen molar-refractivity contribution >= 4 is 17.7 Å². The maximum atomic E-state index is 12.2. The van der Waals surface area contributed by atoms with E-state index in [-0.39, 0.29) is 39.8 Å². The number of carbonyl (C=O) groups is 3. The van der Waals surface area contributed by atoms with Crippen LogP contribution in [-0.2, 0) is 35.4 Å². The molecular weight excluding hydrogens is 440 g/mol. The fourth-order valence-corrected chi connectivity index (χ4v) is 1.78. The molecule has 0 aromatic heterocycles. The molecule has 0 aliphatic carbocycles. The Kier molecular flexibility index (Phi) is 8.11. The Labute approximate surface area is 139 Å². The van der Waals surface area contributed by atoms with Crippen molar-refractivity contribution in [2.75, 3.05) is 0 Å². The molecule has 0 aromatic rings. The number of allylic oxidation sites excluding steroid dienone is 4. The molecule has 1 fully saturated rings. The van der Waals surface area contributed by atoms with E-state index in [1.165, 1.54) is 0 Å². The second-order valence-electron chi connectivity index (χ2n) is 4.70. The van der Waals surface area contributed by atoms with Crippen LogP contribution < -0.4 is 10.6 Å². The van der Waals surface area contributed by atoms with E-state index in [9.17, 15) is 14.4 Å². The zero-order valence-electron chi connectivity index (χ0n) is 12.4. The molecule has 5 nitrogen and oxygen atoms in total. The van der Waals surface area contributed by atoms with E-state index in [4.69, 9.17) is 0 Å². The van der Waals surface area contributed by atoms with Gasteiger partial charge >= 0.3 is 0 Å². The van der Waals surface area contributed by atoms with Crippen LogP contribution in [0.1, 0.15) is 33.6 Å². The van der Waals surface area contributed by atoms with Crippen molar-refractivity contribution in [1.29, 1.82) is 0 Å². The molecule has 0 aromatic carbocycles. The molecule has 0 saturated carbocycles. The Morgan fingerprint density at radius 2 is 2.05 bits per heavy atom. The average Bonchev–Trinajstić information content (AvgIpc) is 2.39. The van der Waals surface area contributed by atoms with E-state index in [1.807, 2.05) is 6.92 Å². The van der Waals surface area contributed by atoms with Gasteiger partial charge in [-0.25, -0.2) is 0 Å². The van der Waals surface area contributed by atoms with Crippen LogP contribution in [0, 0.1) is 6.08 Å². The largest absolute Gasteiger partial charge is 0.392 e. The molecule has 0 bridgehead atoms. The van der Waals surface area contributed by atoms with Gasteiger partial charge in [-0.2, -0.15) is 12.2 Å². The summed E-state index contributed by atoms with van der Waals surface area (Å²) in [6.45, 7) is 5.20. The second-order valence-corrected chi connectivity index (χ2v) is 4.70. The van der Waals surface area contributed by atoms with Gasteiger partial charge in [-0.3, -0.25) is 14.9 Å². The fourth-order valence-electron chi connectivity index (χ4n) is 1.78.